The van der Waals surface area contributed by atoms with E-state index in [2.05, 4.69) is 16.7 Å². The lowest BCUT2D eigenvalue weighted by molar-refractivity contribution is -0.124. The second kappa shape index (κ2) is 7.16. The van der Waals surface area contributed by atoms with Crippen molar-refractivity contribution in [3.63, 3.8) is 0 Å². The molecule has 2 fully saturated rings. The number of fused-ring (bicyclic) bond motifs is 3. The quantitative estimate of drug-likeness (QED) is 0.721. The number of amides is 1. The molecule has 3 N–H and O–H groups in total. The first-order chi connectivity index (χ1) is 13.7. The van der Waals surface area contributed by atoms with Crippen LogP contribution in [0.5, 0.6) is 0 Å². The maximum Gasteiger partial charge on any atom is 0.258 e. The normalized spacial score (nSPS) is 31.2. The number of allylic oxidation sites excluding steroid dienone is 2. The zero-order valence-corrected chi connectivity index (χ0v) is 16.2. The molecule has 4 atom stereocenters. The summed E-state index contributed by atoms with van der Waals surface area (Å²) in [5.74, 6) is 0.522. The molecule has 150 valence electrons. The van der Waals surface area contributed by atoms with Crippen LogP contribution >= 0.6 is 0 Å². The van der Waals surface area contributed by atoms with E-state index in [1.54, 1.807) is 0 Å². The van der Waals surface area contributed by atoms with Gasteiger partial charge in [0.2, 0.25) is 5.91 Å². The van der Waals surface area contributed by atoms with Crippen molar-refractivity contribution in [1.29, 1.82) is 0 Å². The van der Waals surface area contributed by atoms with Crippen molar-refractivity contribution in [2.24, 2.45) is 17.8 Å². The highest BCUT2D eigenvalue weighted by Crippen LogP contribution is 2.43. The van der Waals surface area contributed by atoms with Gasteiger partial charge in [-0.15, -0.1) is 0 Å². The van der Waals surface area contributed by atoms with E-state index < -0.39 is 0 Å². The molecule has 1 aromatic rings. The zero-order chi connectivity index (χ0) is 19.3. The summed E-state index contributed by atoms with van der Waals surface area (Å²) in [6.45, 7) is 1.26. The van der Waals surface area contributed by atoms with Gasteiger partial charge in [0.15, 0.2) is 0 Å². The fourth-order valence-corrected chi connectivity index (χ4v) is 5.26. The average Bonchev–Trinajstić information content (AvgIpc) is 3.37. The third-order valence-electron chi connectivity index (χ3n) is 7.08. The number of hydrogen-bond donors (Lipinski definition) is 3. The van der Waals surface area contributed by atoms with Crippen LogP contribution < -0.4 is 16.2 Å². The van der Waals surface area contributed by atoms with Gasteiger partial charge < -0.3 is 15.0 Å². The van der Waals surface area contributed by atoms with Gasteiger partial charge in [0.05, 0.1) is 12.1 Å². The Kier molecular flexibility index (Phi) is 4.63. The van der Waals surface area contributed by atoms with Crippen LogP contribution in [0.15, 0.2) is 23.0 Å². The van der Waals surface area contributed by atoms with Gasteiger partial charge in [0.1, 0.15) is 0 Å². The van der Waals surface area contributed by atoms with E-state index in [-0.39, 0.29) is 42.0 Å². The Balaban J connectivity index is 1.39. The molecule has 1 amide bonds. The van der Waals surface area contributed by atoms with Gasteiger partial charge in [0.25, 0.3) is 5.56 Å². The topological polar surface area (TPSA) is 83.4 Å². The second-order valence-corrected chi connectivity index (χ2v) is 8.88. The van der Waals surface area contributed by atoms with E-state index in [4.69, 9.17) is 0 Å². The molecule has 2 aliphatic carbocycles. The van der Waals surface area contributed by atoms with Crippen molar-refractivity contribution in [3.05, 3.63) is 39.8 Å². The van der Waals surface area contributed by atoms with E-state index in [1.165, 1.54) is 24.8 Å². The summed E-state index contributed by atoms with van der Waals surface area (Å²) in [6.07, 6.45) is 8.97. The molecule has 1 saturated carbocycles. The number of carbonyl (C=O) groups is 1. The highest BCUT2D eigenvalue weighted by molar-refractivity contribution is 5.82. The predicted molar refractivity (Wildman–Crippen MR) is 107 cm³/mol. The van der Waals surface area contributed by atoms with Gasteiger partial charge in [-0.3, -0.25) is 14.9 Å². The van der Waals surface area contributed by atoms with Crippen molar-refractivity contribution in [1.82, 2.24) is 15.2 Å². The van der Waals surface area contributed by atoms with Gasteiger partial charge in [-0.2, -0.15) is 0 Å². The molecule has 6 heteroatoms. The summed E-state index contributed by atoms with van der Waals surface area (Å²) in [5, 5.41) is 16.5. The van der Waals surface area contributed by atoms with E-state index >= 15 is 0 Å². The molecular weight excluding hydrogens is 354 g/mol. The van der Waals surface area contributed by atoms with Crippen LogP contribution in [-0.2, 0) is 11.3 Å². The molecule has 4 aliphatic rings. The minimum Gasteiger partial charge on any atom is -0.396 e. The van der Waals surface area contributed by atoms with E-state index in [9.17, 15) is 14.7 Å². The van der Waals surface area contributed by atoms with Crippen LogP contribution in [-0.4, -0.2) is 34.8 Å². The molecule has 0 spiro atoms. The summed E-state index contributed by atoms with van der Waals surface area (Å²) in [7, 11) is 0. The van der Waals surface area contributed by atoms with Gasteiger partial charge >= 0.3 is 0 Å². The molecule has 5 rings (SSSR count). The van der Waals surface area contributed by atoms with Gasteiger partial charge in [-0.05, 0) is 62.1 Å². The first-order valence-corrected chi connectivity index (χ1v) is 10.7. The molecule has 6 nitrogen and oxygen atoms in total. The van der Waals surface area contributed by atoms with Gasteiger partial charge in [-0.1, -0.05) is 6.08 Å². The molecule has 0 unspecified atom stereocenters. The van der Waals surface area contributed by atoms with Crippen LogP contribution in [0.25, 0.3) is 5.57 Å². The summed E-state index contributed by atoms with van der Waals surface area (Å²) >= 11 is 0. The van der Waals surface area contributed by atoms with Crippen LogP contribution in [0.4, 0.5) is 0 Å². The van der Waals surface area contributed by atoms with Crippen molar-refractivity contribution < 1.29 is 9.90 Å². The lowest BCUT2D eigenvalue weighted by Crippen LogP contribution is -2.46. The Morgan fingerprint density at radius 3 is 2.86 bits per heavy atom. The summed E-state index contributed by atoms with van der Waals surface area (Å²) < 4.78 is 1.87. The lowest BCUT2D eigenvalue weighted by Gasteiger charge is -2.21. The van der Waals surface area contributed by atoms with E-state index in [0.29, 0.717) is 12.5 Å². The number of nitrogens with one attached hydrogen (secondary N) is 2. The summed E-state index contributed by atoms with van der Waals surface area (Å²) in [6, 6.07) is 3.58. The number of aliphatic hydroxyl groups is 1. The van der Waals surface area contributed by atoms with Crippen LogP contribution in [0.2, 0.25) is 0 Å². The number of rotatable bonds is 5. The molecule has 0 radical (unpaired) electrons. The molecule has 0 bridgehead atoms. The maximum atomic E-state index is 13.1. The molecule has 1 aromatic heterocycles. The number of aromatic nitrogens is 1. The first kappa shape index (κ1) is 18.1. The number of nitrogens with zero attached hydrogens (tertiary/aromatic N) is 1. The predicted octanol–water partition coefficient (Wildman–Crippen LogP) is 1.58. The SMILES string of the molecule is O=C(NCC1CC1)[C@H]1N[C@H]2c3ccc(C4=CCCCC4)c(=O)n3C[C@H]2[C@@H]1CO. The Hall–Kier alpha value is -1.92. The third-order valence-corrected chi connectivity index (χ3v) is 7.08. The Labute approximate surface area is 165 Å². The molecule has 0 aromatic carbocycles. The molecular formula is C22H29N3O3. The van der Waals surface area contributed by atoms with Crippen molar-refractivity contribution in [2.75, 3.05) is 13.2 Å². The smallest absolute Gasteiger partial charge is 0.258 e. The minimum absolute atomic E-state index is 0.0155. The largest absolute Gasteiger partial charge is 0.396 e. The fourth-order valence-electron chi connectivity index (χ4n) is 5.26. The van der Waals surface area contributed by atoms with Crippen LogP contribution in [0.1, 0.15) is 55.8 Å². The Bertz CT molecular complexity index is 870. The number of carbonyl (C=O) groups excluding carboxylic acids is 1. The zero-order valence-electron chi connectivity index (χ0n) is 16.2. The van der Waals surface area contributed by atoms with E-state index in [0.717, 1.165) is 37.1 Å². The number of pyridine rings is 1. The average molecular weight is 383 g/mol. The first-order valence-electron chi connectivity index (χ1n) is 10.7. The van der Waals surface area contributed by atoms with Crippen LogP contribution in [0.3, 0.4) is 0 Å². The summed E-state index contributed by atoms with van der Waals surface area (Å²) in [5.41, 5.74) is 3.02. The lowest BCUT2D eigenvalue weighted by atomic mass is 9.88. The Morgan fingerprint density at radius 1 is 1.29 bits per heavy atom. The Morgan fingerprint density at radius 2 is 2.14 bits per heavy atom. The number of hydrogen-bond acceptors (Lipinski definition) is 4. The van der Waals surface area contributed by atoms with Crippen molar-refractivity contribution >= 4 is 11.5 Å². The highest BCUT2D eigenvalue weighted by atomic mass is 16.3. The monoisotopic (exact) mass is 383 g/mol. The van der Waals surface area contributed by atoms with Gasteiger partial charge in [-0.25, -0.2) is 0 Å². The summed E-state index contributed by atoms with van der Waals surface area (Å²) in [4.78, 5) is 25.8. The highest BCUT2D eigenvalue weighted by Gasteiger charge is 2.50. The molecule has 1 saturated heterocycles. The maximum absolute atomic E-state index is 13.1. The molecule has 28 heavy (non-hydrogen) atoms. The molecule has 2 aliphatic heterocycles. The third kappa shape index (κ3) is 3.03. The van der Waals surface area contributed by atoms with Crippen LogP contribution in [0, 0.1) is 17.8 Å². The van der Waals surface area contributed by atoms with Crippen molar-refractivity contribution in [3.8, 4) is 0 Å². The van der Waals surface area contributed by atoms with Gasteiger partial charge in [0, 0.05) is 42.8 Å². The fraction of sp³-hybridized carbons (Fsp3) is 0.636. The standard InChI is InChI=1S/C22H29N3O3/c26-12-17-16-11-25-18(9-8-15(22(25)28)14-4-2-1-3-5-14)19(16)24-20(17)21(27)23-10-13-6-7-13/h4,8-9,13,16-17,19-20,24,26H,1-3,5-7,10-12H2,(H,23,27)/t16-,17-,19+,20-/m0/s1. The number of aliphatic hydroxyl groups excluding tert-OH is 1. The molecule has 3 heterocycles. The second-order valence-electron chi connectivity index (χ2n) is 8.88. The minimum atomic E-state index is -0.386. The van der Waals surface area contributed by atoms with E-state index in [1.807, 2.05) is 16.7 Å². The van der Waals surface area contributed by atoms with Crippen molar-refractivity contribution in [2.45, 2.75) is 57.2 Å².